The number of fused-ring (bicyclic) bond motifs is 2. The van der Waals surface area contributed by atoms with Crippen LogP contribution in [0.15, 0.2) is 16.6 Å². The monoisotopic (exact) mass is 522 g/mol. The van der Waals surface area contributed by atoms with Gasteiger partial charge in [0.1, 0.15) is 22.9 Å². The summed E-state index contributed by atoms with van der Waals surface area (Å²) in [5, 5.41) is 0. The quantitative estimate of drug-likeness (QED) is 0.442. The molecule has 2 saturated carbocycles. The van der Waals surface area contributed by atoms with Gasteiger partial charge in [-0.1, -0.05) is 13.8 Å². The predicted octanol–water partition coefficient (Wildman–Crippen LogP) is 6.49. The number of rotatable bonds is 5. The molecule has 0 amide bonds. The summed E-state index contributed by atoms with van der Waals surface area (Å²) >= 11 is 3.81. The average Bonchev–Trinajstić information content (AvgIpc) is 3.20. The molecule has 2 aliphatic carbocycles. The summed E-state index contributed by atoms with van der Waals surface area (Å²) in [5.74, 6) is 1.50. The second-order valence-electron chi connectivity index (χ2n) is 11.4. The van der Waals surface area contributed by atoms with Crippen LogP contribution >= 0.6 is 15.9 Å². The zero-order chi connectivity index (χ0) is 24.1. The minimum absolute atomic E-state index is 0.181. The summed E-state index contributed by atoms with van der Waals surface area (Å²) in [7, 11) is 0. The zero-order valence-electron chi connectivity index (χ0n) is 21.0. The zero-order valence-corrected chi connectivity index (χ0v) is 22.6. The van der Waals surface area contributed by atoms with E-state index >= 15 is 0 Å². The van der Waals surface area contributed by atoms with Gasteiger partial charge in [0.2, 0.25) is 0 Å². The molecular weight excluding hydrogens is 484 g/mol. The van der Waals surface area contributed by atoms with Crippen LogP contribution in [0.1, 0.15) is 79.2 Å². The molecule has 184 valence electrons. The molecule has 1 aromatic carbocycles. The van der Waals surface area contributed by atoms with Gasteiger partial charge in [0.25, 0.3) is 0 Å². The average molecular weight is 524 g/mol. The van der Waals surface area contributed by atoms with E-state index in [9.17, 15) is 4.79 Å². The van der Waals surface area contributed by atoms with Gasteiger partial charge in [-0.2, -0.15) is 0 Å². The van der Waals surface area contributed by atoms with Gasteiger partial charge in [-0.25, -0.2) is 0 Å². The van der Waals surface area contributed by atoms with Crippen LogP contribution in [0.5, 0.6) is 11.5 Å². The second-order valence-corrected chi connectivity index (χ2v) is 12.2. The number of hydrogen-bond acceptors (Lipinski definition) is 5. The first-order chi connectivity index (χ1) is 15.4. The van der Waals surface area contributed by atoms with E-state index < -0.39 is 11.2 Å². The van der Waals surface area contributed by atoms with E-state index in [1.165, 1.54) is 0 Å². The van der Waals surface area contributed by atoms with Crippen LogP contribution in [0, 0.1) is 16.7 Å². The van der Waals surface area contributed by atoms with Crippen LogP contribution < -0.4 is 9.47 Å². The molecule has 6 heteroatoms. The van der Waals surface area contributed by atoms with Crippen LogP contribution in [0.3, 0.4) is 0 Å². The van der Waals surface area contributed by atoms with E-state index in [0.29, 0.717) is 38.4 Å². The standard InChI is InChI=1S/C27H39BrO5/c1-7-30-19-15-18(23(28)20(16-19)33-24(2,3)4)17-25(5)21-9-8-11-27(31-13-14-32-27)26(21,6)12-10-22(25)29/h15-16,21H,7-14,17H2,1-6H3/t21-,25-,26-/m0/s1. The first-order valence-electron chi connectivity index (χ1n) is 12.4. The Balaban J connectivity index is 1.74. The van der Waals surface area contributed by atoms with E-state index in [-0.39, 0.29) is 16.9 Å². The lowest BCUT2D eigenvalue weighted by molar-refractivity contribution is -0.286. The van der Waals surface area contributed by atoms with E-state index in [2.05, 4.69) is 35.8 Å². The Morgan fingerprint density at radius 2 is 1.85 bits per heavy atom. The maximum absolute atomic E-state index is 13.6. The molecular formula is C27H39BrO5. The van der Waals surface area contributed by atoms with Gasteiger partial charge in [-0.3, -0.25) is 4.79 Å². The van der Waals surface area contributed by atoms with Gasteiger partial charge in [-0.15, -0.1) is 0 Å². The van der Waals surface area contributed by atoms with Gasteiger partial charge in [0.15, 0.2) is 5.79 Å². The van der Waals surface area contributed by atoms with E-state index in [0.717, 1.165) is 47.2 Å². The Kier molecular flexibility index (Phi) is 6.69. The number of ketones is 1. The molecule has 3 aliphatic rings. The summed E-state index contributed by atoms with van der Waals surface area (Å²) in [4.78, 5) is 13.6. The van der Waals surface area contributed by atoms with Crippen molar-refractivity contribution in [1.82, 2.24) is 0 Å². The third-order valence-corrected chi connectivity index (χ3v) is 8.94. The van der Waals surface area contributed by atoms with Gasteiger partial charge >= 0.3 is 0 Å². The van der Waals surface area contributed by atoms with Gasteiger partial charge in [0, 0.05) is 29.7 Å². The van der Waals surface area contributed by atoms with Gasteiger partial charge in [0.05, 0.1) is 24.3 Å². The fourth-order valence-electron chi connectivity index (χ4n) is 6.60. The minimum Gasteiger partial charge on any atom is -0.494 e. The number of hydrogen-bond donors (Lipinski definition) is 0. The number of ether oxygens (including phenoxy) is 4. The third kappa shape index (κ3) is 4.36. The van der Waals surface area contributed by atoms with E-state index in [4.69, 9.17) is 18.9 Å². The molecule has 3 fully saturated rings. The molecule has 3 atom stereocenters. The highest BCUT2D eigenvalue weighted by Crippen LogP contribution is 2.63. The molecule has 1 saturated heterocycles. The maximum atomic E-state index is 13.6. The number of carbonyl (C=O) groups excluding carboxylic acids is 1. The molecule has 0 radical (unpaired) electrons. The molecule has 4 rings (SSSR count). The van der Waals surface area contributed by atoms with E-state index in [1.807, 2.05) is 33.8 Å². The van der Waals surface area contributed by atoms with Gasteiger partial charge < -0.3 is 18.9 Å². The first-order valence-corrected chi connectivity index (χ1v) is 13.2. The van der Waals surface area contributed by atoms with Crippen molar-refractivity contribution in [3.8, 4) is 11.5 Å². The van der Waals surface area contributed by atoms with Crippen LogP contribution in [-0.4, -0.2) is 37.0 Å². The van der Waals surface area contributed by atoms with Crippen LogP contribution in [0.2, 0.25) is 0 Å². The van der Waals surface area contributed by atoms with Crippen molar-refractivity contribution in [3.63, 3.8) is 0 Å². The summed E-state index contributed by atoms with van der Waals surface area (Å²) in [5.41, 5.74) is 0.00947. The summed E-state index contributed by atoms with van der Waals surface area (Å²) in [6.07, 6.45) is 4.96. The fourth-order valence-corrected chi connectivity index (χ4v) is 7.05. The molecule has 5 nitrogen and oxygen atoms in total. The lowest BCUT2D eigenvalue weighted by atomic mass is 9.47. The minimum atomic E-state index is -0.553. The van der Waals surface area contributed by atoms with Crippen molar-refractivity contribution in [3.05, 3.63) is 22.2 Å². The highest BCUT2D eigenvalue weighted by molar-refractivity contribution is 9.10. The first kappa shape index (κ1) is 25.0. The number of halogens is 1. The Morgan fingerprint density at radius 3 is 2.48 bits per heavy atom. The van der Waals surface area contributed by atoms with Crippen molar-refractivity contribution < 1.29 is 23.7 Å². The molecule has 33 heavy (non-hydrogen) atoms. The topological polar surface area (TPSA) is 54.0 Å². The second kappa shape index (κ2) is 8.83. The molecule has 0 aromatic heterocycles. The lowest BCUT2D eigenvalue weighted by Gasteiger charge is -2.60. The predicted molar refractivity (Wildman–Crippen MR) is 132 cm³/mol. The van der Waals surface area contributed by atoms with Crippen molar-refractivity contribution in [2.24, 2.45) is 16.7 Å². The van der Waals surface area contributed by atoms with E-state index in [1.54, 1.807) is 0 Å². The summed E-state index contributed by atoms with van der Waals surface area (Å²) in [6.45, 7) is 14.4. The number of Topliss-reactive ketones (excluding diaryl/α,β-unsaturated/α-hetero) is 1. The normalized spacial score (nSPS) is 31.5. The Morgan fingerprint density at radius 1 is 1.15 bits per heavy atom. The van der Waals surface area contributed by atoms with Crippen LogP contribution in [0.4, 0.5) is 0 Å². The Bertz CT molecular complexity index is 901. The molecule has 0 unspecified atom stereocenters. The highest BCUT2D eigenvalue weighted by Gasteiger charge is 2.65. The number of carbonyl (C=O) groups is 1. The smallest absolute Gasteiger partial charge is 0.174 e. The lowest BCUT2D eigenvalue weighted by Crippen LogP contribution is -2.62. The summed E-state index contributed by atoms with van der Waals surface area (Å²) < 4.78 is 25.6. The van der Waals surface area contributed by atoms with Crippen molar-refractivity contribution >= 4 is 21.7 Å². The Hall–Kier alpha value is -1.11. The SMILES string of the molecule is CCOc1cc(C[C@]2(C)C(=O)CC[C@@]3(C)[C@H]2CCCC32OCCO2)c(Br)c(OC(C)(C)C)c1. The van der Waals surface area contributed by atoms with Gasteiger partial charge in [-0.05, 0) is 86.9 Å². The molecule has 0 bridgehead atoms. The summed E-state index contributed by atoms with van der Waals surface area (Å²) in [6, 6.07) is 4.00. The van der Waals surface area contributed by atoms with Crippen molar-refractivity contribution in [2.75, 3.05) is 19.8 Å². The molecule has 0 N–H and O–H groups in total. The molecule has 1 aliphatic heterocycles. The molecule has 1 aromatic rings. The maximum Gasteiger partial charge on any atom is 0.174 e. The highest BCUT2D eigenvalue weighted by atomic mass is 79.9. The number of benzene rings is 1. The molecule has 1 heterocycles. The third-order valence-electron chi connectivity index (χ3n) is 8.04. The largest absolute Gasteiger partial charge is 0.494 e. The Labute approximate surface area is 207 Å². The van der Waals surface area contributed by atoms with Crippen LogP contribution in [0.25, 0.3) is 0 Å². The van der Waals surface area contributed by atoms with Crippen molar-refractivity contribution in [1.29, 1.82) is 0 Å². The fraction of sp³-hybridized carbons (Fsp3) is 0.741. The van der Waals surface area contributed by atoms with Crippen molar-refractivity contribution in [2.45, 2.75) is 91.5 Å². The molecule has 1 spiro atoms. The van der Waals surface area contributed by atoms with Crippen LogP contribution in [-0.2, 0) is 20.7 Å².